The van der Waals surface area contributed by atoms with Crippen molar-refractivity contribution in [2.45, 2.75) is 12.6 Å². The van der Waals surface area contributed by atoms with E-state index >= 15 is 0 Å². The summed E-state index contributed by atoms with van der Waals surface area (Å²) in [7, 11) is 0. The third-order valence-corrected chi connectivity index (χ3v) is 6.11. The van der Waals surface area contributed by atoms with Gasteiger partial charge < -0.3 is 14.4 Å². The van der Waals surface area contributed by atoms with E-state index in [4.69, 9.17) is 4.42 Å². The second-order valence-electron chi connectivity index (χ2n) is 7.61. The lowest BCUT2D eigenvalue weighted by Gasteiger charge is -2.27. The van der Waals surface area contributed by atoms with Crippen molar-refractivity contribution in [2.24, 2.45) is 0 Å². The number of carbonyl (C=O) groups excluding carboxylic acids is 2. The average molecular weight is 488 g/mol. The van der Waals surface area contributed by atoms with Gasteiger partial charge in [-0.2, -0.15) is 0 Å². The van der Waals surface area contributed by atoms with Crippen molar-refractivity contribution in [1.82, 2.24) is 4.90 Å². The number of hydrogen-bond acceptors (Lipinski definition) is 4. The molecule has 1 amide bonds. The van der Waals surface area contributed by atoms with Gasteiger partial charge in [-0.3, -0.25) is 9.59 Å². The molecule has 0 aliphatic carbocycles. The van der Waals surface area contributed by atoms with Crippen LogP contribution in [0.2, 0.25) is 0 Å². The van der Waals surface area contributed by atoms with Crippen LogP contribution in [-0.2, 0) is 11.3 Å². The van der Waals surface area contributed by atoms with Crippen molar-refractivity contribution >= 4 is 38.6 Å². The molecule has 0 fully saturated rings. The highest BCUT2D eigenvalue weighted by Crippen LogP contribution is 2.40. The van der Waals surface area contributed by atoms with Gasteiger partial charge in [-0.1, -0.05) is 76.6 Å². The molecule has 4 aromatic rings. The number of aliphatic hydroxyl groups is 1. The molecule has 1 aliphatic heterocycles. The van der Waals surface area contributed by atoms with Crippen LogP contribution in [0, 0.1) is 0 Å². The molecule has 1 N–H and O–H groups in total. The molecule has 3 aromatic carbocycles. The number of nitrogens with zero attached hydrogens (tertiary/aromatic N) is 1. The summed E-state index contributed by atoms with van der Waals surface area (Å²) in [6.07, 6.45) is 0. The SMILES string of the molecule is O=C(C1=C(O)C(=O)N(Cc2ccccc2)C1c1ccc(Br)cc1)c1cc2ccccc2o1. The van der Waals surface area contributed by atoms with Gasteiger partial charge >= 0.3 is 0 Å². The Labute approximate surface area is 192 Å². The molecule has 5 nitrogen and oxygen atoms in total. The van der Waals surface area contributed by atoms with Crippen LogP contribution in [0.1, 0.15) is 27.7 Å². The van der Waals surface area contributed by atoms with Gasteiger partial charge in [0, 0.05) is 16.4 Å². The van der Waals surface area contributed by atoms with Gasteiger partial charge in [-0.25, -0.2) is 0 Å². The number of furan rings is 1. The number of benzene rings is 3. The zero-order chi connectivity index (χ0) is 22.2. The van der Waals surface area contributed by atoms with Crippen LogP contribution in [0.25, 0.3) is 11.0 Å². The highest BCUT2D eigenvalue weighted by molar-refractivity contribution is 9.10. The van der Waals surface area contributed by atoms with Crippen LogP contribution >= 0.6 is 15.9 Å². The number of aliphatic hydroxyl groups excluding tert-OH is 1. The van der Waals surface area contributed by atoms with Crippen molar-refractivity contribution in [3.8, 4) is 0 Å². The summed E-state index contributed by atoms with van der Waals surface area (Å²) in [5, 5.41) is 11.6. The molecule has 0 saturated heterocycles. The lowest BCUT2D eigenvalue weighted by atomic mass is 9.95. The summed E-state index contributed by atoms with van der Waals surface area (Å²) in [5.74, 6) is -1.54. The Kier molecular flexibility index (Phi) is 5.15. The second-order valence-corrected chi connectivity index (χ2v) is 8.53. The van der Waals surface area contributed by atoms with Crippen LogP contribution in [0.4, 0.5) is 0 Å². The molecule has 1 atom stereocenters. The maximum absolute atomic E-state index is 13.5. The maximum Gasteiger partial charge on any atom is 0.290 e. The Morgan fingerprint density at radius 1 is 0.969 bits per heavy atom. The number of para-hydroxylation sites is 1. The molecular weight excluding hydrogens is 470 g/mol. The Balaban J connectivity index is 1.60. The van der Waals surface area contributed by atoms with Crippen LogP contribution in [0.3, 0.4) is 0 Å². The smallest absolute Gasteiger partial charge is 0.290 e. The minimum absolute atomic E-state index is 0.0207. The van der Waals surface area contributed by atoms with Gasteiger partial charge in [-0.15, -0.1) is 0 Å². The molecule has 6 heteroatoms. The standard InChI is InChI=1S/C26H18BrNO4/c27-19-12-10-17(11-13-19)23-22(24(29)21-14-18-8-4-5-9-20(18)32-21)25(30)26(31)28(23)15-16-6-2-1-3-7-16/h1-14,23,30H,15H2. The molecule has 5 rings (SSSR count). The maximum atomic E-state index is 13.5. The van der Waals surface area contributed by atoms with Crippen molar-refractivity contribution < 1.29 is 19.1 Å². The number of ketones is 1. The summed E-state index contributed by atoms with van der Waals surface area (Å²) in [6.45, 7) is 0.251. The van der Waals surface area contributed by atoms with E-state index in [9.17, 15) is 14.7 Å². The number of hydrogen-bond donors (Lipinski definition) is 1. The Hall–Kier alpha value is -3.64. The number of carbonyl (C=O) groups is 2. The van der Waals surface area contributed by atoms with Gasteiger partial charge in [0.05, 0.1) is 11.6 Å². The first-order valence-corrected chi connectivity index (χ1v) is 10.9. The minimum atomic E-state index is -0.739. The molecule has 0 bridgehead atoms. The summed E-state index contributed by atoms with van der Waals surface area (Å²) in [6, 6.07) is 25.0. The van der Waals surface area contributed by atoms with Gasteiger partial charge in [0.15, 0.2) is 11.5 Å². The van der Waals surface area contributed by atoms with E-state index in [1.807, 2.05) is 72.8 Å². The van der Waals surface area contributed by atoms with Crippen molar-refractivity contribution in [1.29, 1.82) is 0 Å². The fourth-order valence-corrected chi connectivity index (χ4v) is 4.31. The summed E-state index contributed by atoms with van der Waals surface area (Å²) in [5.41, 5.74) is 2.21. The third kappa shape index (κ3) is 3.52. The minimum Gasteiger partial charge on any atom is -0.503 e. The van der Waals surface area contributed by atoms with Crippen LogP contribution < -0.4 is 0 Å². The second kappa shape index (κ2) is 8.13. The van der Waals surface area contributed by atoms with E-state index < -0.39 is 23.5 Å². The molecular formula is C26H18BrNO4. The first kappa shape index (κ1) is 20.3. The zero-order valence-electron chi connectivity index (χ0n) is 16.9. The number of fused-ring (bicyclic) bond motifs is 1. The average Bonchev–Trinajstić information content (AvgIpc) is 3.35. The van der Waals surface area contributed by atoms with E-state index in [1.165, 1.54) is 4.90 Å². The van der Waals surface area contributed by atoms with Crippen LogP contribution in [0.15, 0.2) is 105 Å². The molecule has 0 spiro atoms. The Morgan fingerprint density at radius 2 is 1.66 bits per heavy atom. The van der Waals surface area contributed by atoms with E-state index in [1.54, 1.807) is 12.1 Å². The lowest BCUT2D eigenvalue weighted by molar-refractivity contribution is -0.130. The van der Waals surface area contributed by atoms with Crippen molar-refractivity contribution in [3.05, 3.63) is 118 Å². The largest absolute Gasteiger partial charge is 0.503 e. The fraction of sp³-hybridized carbons (Fsp3) is 0.0769. The predicted octanol–water partition coefficient (Wildman–Crippen LogP) is 5.97. The van der Waals surface area contributed by atoms with E-state index in [2.05, 4.69) is 15.9 Å². The summed E-state index contributed by atoms with van der Waals surface area (Å²) >= 11 is 3.42. The van der Waals surface area contributed by atoms with E-state index in [0.29, 0.717) is 5.58 Å². The number of rotatable bonds is 5. The lowest BCUT2D eigenvalue weighted by Crippen LogP contribution is -2.30. The Bertz CT molecular complexity index is 1320. The molecule has 158 valence electrons. The molecule has 0 saturated carbocycles. The van der Waals surface area contributed by atoms with Crippen LogP contribution in [-0.4, -0.2) is 21.7 Å². The molecule has 1 aliphatic rings. The van der Waals surface area contributed by atoms with Crippen molar-refractivity contribution in [2.75, 3.05) is 0 Å². The number of halogens is 1. The van der Waals surface area contributed by atoms with Gasteiger partial charge in [-0.05, 0) is 35.4 Å². The molecule has 1 aromatic heterocycles. The van der Waals surface area contributed by atoms with Gasteiger partial charge in [0.1, 0.15) is 5.58 Å². The van der Waals surface area contributed by atoms with Crippen LogP contribution in [0.5, 0.6) is 0 Å². The monoisotopic (exact) mass is 487 g/mol. The first-order valence-electron chi connectivity index (χ1n) is 10.1. The molecule has 2 heterocycles. The summed E-state index contributed by atoms with van der Waals surface area (Å²) in [4.78, 5) is 28.1. The topological polar surface area (TPSA) is 70.8 Å². The third-order valence-electron chi connectivity index (χ3n) is 5.58. The Morgan fingerprint density at radius 3 is 2.38 bits per heavy atom. The summed E-state index contributed by atoms with van der Waals surface area (Å²) < 4.78 is 6.62. The quantitative estimate of drug-likeness (QED) is 0.351. The highest BCUT2D eigenvalue weighted by Gasteiger charge is 2.44. The molecule has 32 heavy (non-hydrogen) atoms. The zero-order valence-corrected chi connectivity index (χ0v) is 18.5. The van der Waals surface area contributed by atoms with Gasteiger partial charge in [0.2, 0.25) is 5.78 Å². The molecule has 1 unspecified atom stereocenters. The predicted molar refractivity (Wildman–Crippen MR) is 124 cm³/mol. The number of Topliss-reactive ketones (excluding diaryl/α,β-unsaturated/α-hetero) is 1. The normalized spacial score (nSPS) is 16.2. The van der Waals surface area contributed by atoms with Gasteiger partial charge in [0.25, 0.3) is 5.91 Å². The molecule has 0 radical (unpaired) electrons. The van der Waals surface area contributed by atoms with E-state index in [-0.39, 0.29) is 17.9 Å². The first-order chi connectivity index (χ1) is 15.5. The van der Waals surface area contributed by atoms with E-state index in [0.717, 1.165) is 21.0 Å². The highest BCUT2D eigenvalue weighted by atomic mass is 79.9. The fourth-order valence-electron chi connectivity index (χ4n) is 4.05. The van der Waals surface area contributed by atoms with Crippen molar-refractivity contribution in [3.63, 3.8) is 0 Å². The number of amides is 1.